The van der Waals surface area contributed by atoms with Crippen LogP contribution in [0.5, 0.6) is 0 Å². The van der Waals surface area contributed by atoms with Crippen molar-refractivity contribution in [2.45, 2.75) is 12.8 Å². The van der Waals surface area contributed by atoms with Crippen LogP contribution in [0.1, 0.15) is 23.2 Å². The molecule has 1 aliphatic heterocycles. The number of hydrogen-bond acceptors (Lipinski definition) is 4. The number of carbonyl (C=O) groups excluding carboxylic acids is 1. The van der Waals surface area contributed by atoms with Gasteiger partial charge in [-0.05, 0) is 36.8 Å². The normalized spacial score (nSPS) is 23.4. The second-order valence-corrected chi connectivity index (χ2v) is 6.02. The van der Waals surface area contributed by atoms with Crippen LogP contribution in [0, 0.1) is 11.8 Å². The van der Waals surface area contributed by atoms with Gasteiger partial charge in [0.15, 0.2) is 0 Å². The summed E-state index contributed by atoms with van der Waals surface area (Å²) in [6.45, 7) is 3.17. The number of allylic oxidation sites excluding steroid dienone is 2. The van der Waals surface area contributed by atoms with Crippen molar-refractivity contribution in [1.29, 1.82) is 0 Å². The van der Waals surface area contributed by atoms with Gasteiger partial charge in [0.05, 0.1) is 12.2 Å². The van der Waals surface area contributed by atoms with Gasteiger partial charge in [0.25, 0.3) is 5.91 Å². The minimum Gasteiger partial charge on any atom is -0.383 e. The molecule has 0 aromatic carbocycles. The number of rotatable bonds is 5. The second-order valence-electron chi connectivity index (χ2n) is 6.02. The third-order valence-corrected chi connectivity index (χ3v) is 4.55. The Bertz CT molecular complexity index is 525. The third-order valence-electron chi connectivity index (χ3n) is 4.55. The highest BCUT2D eigenvalue weighted by Crippen LogP contribution is 2.34. The quantitative estimate of drug-likeness (QED) is 0.666. The Morgan fingerprint density at radius 1 is 1.32 bits per heavy atom. The van der Waals surface area contributed by atoms with Crippen LogP contribution >= 0.6 is 0 Å². The van der Waals surface area contributed by atoms with Gasteiger partial charge in [-0.25, -0.2) is 4.98 Å². The van der Waals surface area contributed by atoms with E-state index < -0.39 is 0 Å². The van der Waals surface area contributed by atoms with Crippen LogP contribution < -0.4 is 10.2 Å². The molecule has 22 heavy (non-hydrogen) atoms. The number of ether oxygens (including phenoxy) is 1. The van der Waals surface area contributed by atoms with Crippen LogP contribution in [0.2, 0.25) is 0 Å². The van der Waals surface area contributed by atoms with E-state index in [2.05, 4.69) is 27.4 Å². The monoisotopic (exact) mass is 301 g/mol. The Labute approximate surface area is 131 Å². The highest BCUT2D eigenvalue weighted by molar-refractivity contribution is 5.94. The molecule has 5 nitrogen and oxygen atoms in total. The van der Waals surface area contributed by atoms with Crippen molar-refractivity contribution in [3.63, 3.8) is 0 Å². The predicted molar refractivity (Wildman–Crippen MR) is 86.0 cm³/mol. The average Bonchev–Trinajstić information content (AvgIpc) is 2.99. The summed E-state index contributed by atoms with van der Waals surface area (Å²) in [7, 11) is 1.62. The van der Waals surface area contributed by atoms with Crippen LogP contribution in [-0.4, -0.2) is 44.2 Å². The minimum absolute atomic E-state index is 0.101. The number of amides is 1. The first-order valence-corrected chi connectivity index (χ1v) is 7.91. The van der Waals surface area contributed by atoms with Gasteiger partial charge < -0.3 is 15.0 Å². The van der Waals surface area contributed by atoms with E-state index in [0.29, 0.717) is 18.7 Å². The first-order valence-electron chi connectivity index (χ1n) is 7.91. The summed E-state index contributed by atoms with van der Waals surface area (Å²) in [6, 6.07) is 3.81. The molecule has 1 saturated heterocycles. The Morgan fingerprint density at radius 2 is 2.05 bits per heavy atom. The van der Waals surface area contributed by atoms with E-state index in [0.717, 1.165) is 30.7 Å². The molecule has 1 amide bonds. The van der Waals surface area contributed by atoms with E-state index in [-0.39, 0.29) is 5.91 Å². The topological polar surface area (TPSA) is 54.5 Å². The van der Waals surface area contributed by atoms with Crippen molar-refractivity contribution in [3.05, 3.63) is 36.0 Å². The van der Waals surface area contributed by atoms with E-state index in [9.17, 15) is 4.79 Å². The fourth-order valence-corrected chi connectivity index (χ4v) is 3.28. The lowest BCUT2D eigenvalue weighted by Gasteiger charge is -2.17. The average molecular weight is 301 g/mol. The number of carbonyl (C=O) groups is 1. The maximum absolute atomic E-state index is 11.9. The molecule has 1 N–H and O–H groups in total. The summed E-state index contributed by atoms with van der Waals surface area (Å²) in [5.74, 6) is 2.38. The van der Waals surface area contributed by atoms with Crippen molar-refractivity contribution < 1.29 is 9.53 Å². The van der Waals surface area contributed by atoms with E-state index in [1.54, 1.807) is 13.3 Å². The molecule has 1 fully saturated rings. The smallest absolute Gasteiger partial charge is 0.252 e. The van der Waals surface area contributed by atoms with Crippen molar-refractivity contribution >= 4 is 11.7 Å². The highest BCUT2D eigenvalue weighted by Gasteiger charge is 2.33. The zero-order chi connectivity index (χ0) is 15.4. The molecular formula is C17H23N3O2. The molecule has 118 valence electrons. The van der Waals surface area contributed by atoms with Gasteiger partial charge in [0.1, 0.15) is 5.82 Å². The summed E-state index contributed by atoms with van der Waals surface area (Å²) < 4.78 is 4.92. The van der Waals surface area contributed by atoms with E-state index in [1.165, 1.54) is 12.8 Å². The second kappa shape index (κ2) is 6.92. The number of methoxy groups -OCH3 is 1. The molecule has 2 aliphatic rings. The Balaban J connectivity index is 1.59. The summed E-state index contributed by atoms with van der Waals surface area (Å²) >= 11 is 0. The van der Waals surface area contributed by atoms with Gasteiger partial charge in [0.2, 0.25) is 0 Å². The fourth-order valence-electron chi connectivity index (χ4n) is 3.28. The zero-order valence-electron chi connectivity index (χ0n) is 13.0. The molecule has 0 saturated carbocycles. The summed E-state index contributed by atoms with van der Waals surface area (Å²) in [4.78, 5) is 18.8. The van der Waals surface area contributed by atoms with E-state index in [4.69, 9.17) is 4.74 Å². The molecule has 1 aliphatic carbocycles. The van der Waals surface area contributed by atoms with Crippen LogP contribution in [-0.2, 0) is 4.74 Å². The summed E-state index contributed by atoms with van der Waals surface area (Å²) in [5.41, 5.74) is 0.595. The number of nitrogens with one attached hydrogen (secondary N) is 1. The molecule has 2 unspecified atom stereocenters. The first kappa shape index (κ1) is 15.0. The van der Waals surface area contributed by atoms with Gasteiger partial charge >= 0.3 is 0 Å². The van der Waals surface area contributed by atoms with Crippen molar-refractivity contribution in [2.75, 3.05) is 38.3 Å². The van der Waals surface area contributed by atoms with E-state index >= 15 is 0 Å². The lowest BCUT2D eigenvalue weighted by molar-refractivity contribution is 0.0937. The summed E-state index contributed by atoms with van der Waals surface area (Å²) in [6.07, 6.45) is 8.62. The fraction of sp³-hybridized carbons (Fsp3) is 0.529. The Morgan fingerprint density at radius 3 is 2.64 bits per heavy atom. The van der Waals surface area contributed by atoms with Crippen LogP contribution in [0.25, 0.3) is 0 Å². The number of nitrogens with zero attached hydrogens (tertiary/aromatic N) is 2. The minimum atomic E-state index is -0.101. The third kappa shape index (κ3) is 3.30. The first-order chi connectivity index (χ1) is 10.8. The molecule has 1 aromatic heterocycles. The Kier molecular flexibility index (Phi) is 4.73. The maximum Gasteiger partial charge on any atom is 0.252 e. The van der Waals surface area contributed by atoms with Crippen molar-refractivity contribution in [2.24, 2.45) is 11.8 Å². The predicted octanol–water partition coefficient (Wildman–Crippen LogP) is 1.86. The maximum atomic E-state index is 11.9. The van der Waals surface area contributed by atoms with Crippen LogP contribution in [0.3, 0.4) is 0 Å². The van der Waals surface area contributed by atoms with Gasteiger partial charge in [-0.3, -0.25) is 4.79 Å². The molecule has 5 heteroatoms. The lowest BCUT2D eigenvalue weighted by atomic mass is 9.86. The molecule has 2 heterocycles. The van der Waals surface area contributed by atoms with Gasteiger partial charge in [-0.15, -0.1) is 0 Å². The molecule has 2 atom stereocenters. The van der Waals surface area contributed by atoms with E-state index in [1.807, 2.05) is 12.1 Å². The molecule has 0 bridgehead atoms. The van der Waals surface area contributed by atoms with Gasteiger partial charge in [-0.1, -0.05) is 12.2 Å². The number of fused-ring (bicyclic) bond motifs is 1. The molecule has 0 spiro atoms. The number of anilines is 1. The Hall–Kier alpha value is -1.88. The van der Waals surface area contributed by atoms with Crippen molar-refractivity contribution in [1.82, 2.24) is 10.3 Å². The van der Waals surface area contributed by atoms with Crippen LogP contribution in [0.4, 0.5) is 5.82 Å². The molecular weight excluding hydrogens is 278 g/mol. The SMILES string of the molecule is COCCNC(=O)c1ccc(N2CC3CC=CCC3C2)nc1. The largest absolute Gasteiger partial charge is 0.383 e. The molecule has 1 aromatic rings. The number of aromatic nitrogens is 1. The number of hydrogen-bond donors (Lipinski definition) is 1. The molecule has 0 radical (unpaired) electrons. The van der Waals surface area contributed by atoms with Crippen molar-refractivity contribution in [3.8, 4) is 0 Å². The van der Waals surface area contributed by atoms with Gasteiger partial charge in [-0.2, -0.15) is 0 Å². The lowest BCUT2D eigenvalue weighted by Crippen LogP contribution is -2.27. The summed E-state index contributed by atoms with van der Waals surface area (Å²) in [5, 5.41) is 2.80. The van der Waals surface area contributed by atoms with Gasteiger partial charge in [0, 0.05) is 32.9 Å². The number of pyridine rings is 1. The van der Waals surface area contributed by atoms with Crippen LogP contribution in [0.15, 0.2) is 30.5 Å². The molecule has 3 rings (SSSR count). The zero-order valence-corrected chi connectivity index (χ0v) is 13.0. The standard InChI is InChI=1S/C17H23N3O2/c1-22-9-8-18-17(21)13-6-7-16(19-10-13)20-11-14-4-2-3-5-15(14)12-20/h2-3,6-7,10,14-15H,4-5,8-9,11-12H2,1H3,(H,18,21). The highest BCUT2D eigenvalue weighted by atomic mass is 16.5.